The van der Waals surface area contributed by atoms with Gasteiger partial charge in [0.2, 0.25) is 0 Å². The summed E-state index contributed by atoms with van der Waals surface area (Å²) in [6, 6.07) is 1.81. The van der Waals surface area contributed by atoms with Crippen LogP contribution >= 0.6 is 11.3 Å². The number of piperidine rings is 1. The molecule has 2 aromatic rings. The first-order valence-corrected chi connectivity index (χ1v) is 10.8. The number of ether oxygens (including phenoxy) is 1. The molecule has 0 atom stereocenters. The van der Waals surface area contributed by atoms with E-state index >= 15 is 0 Å². The Labute approximate surface area is 163 Å². The van der Waals surface area contributed by atoms with Crippen LogP contribution in [-0.4, -0.2) is 35.1 Å². The van der Waals surface area contributed by atoms with Gasteiger partial charge in [0.1, 0.15) is 23.2 Å². The maximum Gasteiger partial charge on any atom is 0.275 e. The largest absolute Gasteiger partial charge is 0.488 e. The highest BCUT2D eigenvalue weighted by molar-refractivity contribution is 7.09. The topological polar surface area (TPSA) is 76.1 Å². The Hall–Kier alpha value is -1.99. The molecule has 1 aliphatic heterocycles. The molecule has 0 unspecified atom stereocenters. The van der Waals surface area contributed by atoms with Gasteiger partial charge in [0, 0.05) is 23.6 Å². The van der Waals surface area contributed by atoms with Gasteiger partial charge in [-0.05, 0) is 38.8 Å². The van der Waals surface area contributed by atoms with Crippen molar-refractivity contribution in [2.75, 3.05) is 18.4 Å². The highest BCUT2D eigenvalue weighted by atomic mass is 32.1. The van der Waals surface area contributed by atoms with Crippen molar-refractivity contribution in [3.8, 4) is 5.75 Å². The molecule has 4 rings (SSSR count). The predicted molar refractivity (Wildman–Crippen MR) is 107 cm³/mol. The average Bonchev–Trinajstić information content (AvgIpc) is 3.21. The molecule has 0 spiro atoms. The van der Waals surface area contributed by atoms with Crippen LogP contribution in [0.3, 0.4) is 0 Å². The molecule has 3 heterocycles. The quantitative estimate of drug-likeness (QED) is 0.813. The summed E-state index contributed by atoms with van der Waals surface area (Å²) >= 11 is 1.60. The monoisotopic (exact) mass is 386 g/mol. The van der Waals surface area contributed by atoms with E-state index < -0.39 is 0 Å². The molecule has 7 heteroatoms. The third-order valence-corrected chi connectivity index (χ3v) is 6.33. The van der Waals surface area contributed by atoms with Gasteiger partial charge in [0.25, 0.3) is 5.91 Å². The van der Waals surface area contributed by atoms with Crippen molar-refractivity contribution >= 4 is 22.9 Å². The van der Waals surface area contributed by atoms with Crippen LogP contribution in [0.5, 0.6) is 5.75 Å². The van der Waals surface area contributed by atoms with E-state index in [1.165, 1.54) is 32.1 Å². The van der Waals surface area contributed by atoms with Gasteiger partial charge in [-0.2, -0.15) is 0 Å². The van der Waals surface area contributed by atoms with Crippen molar-refractivity contribution in [1.82, 2.24) is 15.3 Å². The summed E-state index contributed by atoms with van der Waals surface area (Å²) in [6.07, 6.45) is 11.6. The normalized spacial score (nSPS) is 19.0. The van der Waals surface area contributed by atoms with Gasteiger partial charge in [-0.25, -0.2) is 4.98 Å². The summed E-state index contributed by atoms with van der Waals surface area (Å²) in [6.45, 7) is 1.92. The minimum absolute atomic E-state index is 0.168. The van der Waals surface area contributed by atoms with Crippen LogP contribution < -0.4 is 15.4 Å². The molecule has 27 heavy (non-hydrogen) atoms. The molecule has 2 aromatic heterocycles. The molecule has 0 aromatic carbocycles. The van der Waals surface area contributed by atoms with Crippen LogP contribution in [0.15, 0.2) is 23.8 Å². The highest BCUT2D eigenvalue weighted by Gasteiger charge is 2.22. The molecule has 2 aliphatic rings. The van der Waals surface area contributed by atoms with E-state index in [2.05, 4.69) is 20.6 Å². The van der Waals surface area contributed by atoms with Crippen LogP contribution in [0.1, 0.15) is 66.4 Å². The van der Waals surface area contributed by atoms with Crippen molar-refractivity contribution in [1.29, 1.82) is 0 Å². The molecular formula is C20H26N4O2S. The van der Waals surface area contributed by atoms with Crippen molar-refractivity contribution in [3.63, 3.8) is 0 Å². The summed E-state index contributed by atoms with van der Waals surface area (Å²) in [5.74, 6) is 0.993. The first-order valence-electron chi connectivity index (χ1n) is 9.88. The van der Waals surface area contributed by atoms with Crippen molar-refractivity contribution < 1.29 is 9.53 Å². The second-order valence-corrected chi connectivity index (χ2v) is 8.19. The van der Waals surface area contributed by atoms with Crippen LogP contribution in [0, 0.1) is 0 Å². The average molecular weight is 387 g/mol. The Morgan fingerprint density at radius 2 is 2.00 bits per heavy atom. The molecule has 1 amide bonds. The lowest BCUT2D eigenvalue weighted by atomic mass is 9.90. The molecule has 1 saturated carbocycles. The van der Waals surface area contributed by atoms with E-state index in [1.54, 1.807) is 23.7 Å². The number of carbonyl (C=O) groups is 1. The second-order valence-electron chi connectivity index (χ2n) is 7.30. The number of hydrogen-bond donors (Lipinski definition) is 2. The Morgan fingerprint density at radius 1 is 1.19 bits per heavy atom. The fourth-order valence-electron chi connectivity index (χ4n) is 3.79. The lowest BCUT2D eigenvalue weighted by Crippen LogP contribution is -2.34. The number of amides is 1. The van der Waals surface area contributed by atoms with Gasteiger partial charge in [-0.3, -0.25) is 9.78 Å². The number of nitrogens with one attached hydrogen (secondary N) is 2. The smallest absolute Gasteiger partial charge is 0.275 e. The fourth-order valence-corrected chi connectivity index (χ4v) is 4.76. The zero-order valence-electron chi connectivity index (χ0n) is 15.4. The number of carbonyl (C=O) groups excluding carboxylic acids is 1. The van der Waals surface area contributed by atoms with Crippen LogP contribution in [0.4, 0.5) is 5.69 Å². The van der Waals surface area contributed by atoms with Crippen LogP contribution in [0.25, 0.3) is 0 Å². The number of aromatic nitrogens is 2. The van der Waals surface area contributed by atoms with Gasteiger partial charge in [0.15, 0.2) is 0 Å². The molecule has 0 radical (unpaired) electrons. The lowest BCUT2D eigenvalue weighted by Gasteiger charge is -2.24. The van der Waals surface area contributed by atoms with Crippen molar-refractivity contribution in [2.45, 2.75) is 57.0 Å². The molecule has 1 aliphatic carbocycles. The van der Waals surface area contributed by atoms with Gasteiger partial charge >= 0.3 is 0 Å². The van der Waals surface area contributed by atoms with E-state index in [-0.39, 0.29) is 12.0 Å². The van der Waals surface area contributed by atoms with Crippen molar-refractivity contribution in [3.05, 3.63) is 34.5 Å². The van der Waals surface area contributed by atoms with E-state index in [0.717, 1.165) is 30.9 Å². The SMILES string of the molecule is O=C(Nc1cnccc1OC1CCNCC1)c1csc(C2CCCCC2)n1. The Morgan fingerprint density at radius 3 is 2.81 bits per heavy atom. The Balaban J connectivity index is 1.42. The van der Waals surface area contributed by atoms with Crippen LogP contribution in [0.2, 0.25) is 0 Å². The minimum Gasteiger partial charge on any atom is -0.488 e. The molecule has 6 nitrogen and oxygen atoms in total. The maximum atomic E-state index is 12.7. The number of pyridine rings is 1. The van der Waals surface area contributed by atoms with Gasteiger partial charge in [-0.15, -0.1) is 11.3 Å². The van der Waals surface area contributed by atoms with E-state index in [4.69, 9.17) is 4.74 Å². The van der Waals surface area contributed by atoms with E-state index in [0.29, 0.717) is 23.0 Å². The molecule has 2 N–H and O–H groups in total. The third kappa shape index (κ3) is 4.65. The zero-order valence-corrected chi connectivity index (χ0v) is 16.3. The van der Waals surface area contributed by atoms with Gasteiger partial charge in [0.05, 0.1) is 11.2 Å². The summed E-state index contributed by atoms with van der Waals surface area (Å²) in [4.78, 5) is 21.4. The molecular weight excluding hydrogens is 360 g/mol. The molecule has 2 fully saturated rings. The first kappa shape index (κ1) is 18.4. The molecule has 1 saturated heterocycles. The lowest BCUT2D eigenvalue weighted by molar-refractivity contribution is 0.102. The molecule has 144 valence electrons. The standard InChI is InChI=1S/C20H26N4O2S/c25-19(17-13-27-20(24-17)14-4-2-1-3-5-14)23-16-12-22-11-8-18(16)26-15-6-9-21-10-7-15/h8,11-15,21H,1-7,9-10H2,(H,23,25). The number of hydrogen-bond acceptors (Lipinski definition) is 6. The fraction of sp³-hybridized carbons (Fsp3) is 0.550. The second kappa shape index (κ2) is 8.80. The van der Waals surface area contributed by atoms with Crippen molar-refractivity contribution in [2.24, 2.45) is 0 Å². The number of nitrogens with zero attached hydrogens (tertiary/aromatic N) is 2. The number of anilines is 1. The third-order valence-electron chi connectivity index (χ3n) is 5.32. The van der Waals surface area contributed by atoms with E-state index in [9.17, 15) is 4.79 Å². The Kier molecular flexibility index (Phi) is 5.99. The van der Waals surface area contributed by atoms with Gasteiger partial charge < -0.3 is 15.4 Å². The van der Waals surface area contributed by atoms with E-state index in [1.807, 2.05) is 11.4 Å². The summed E-state index contributed by atoms with van der Waals surface area (Å²) in [5, 5.41) is 9.22. The number of rotatable bonds is 5. The molecule has 0 bridgehead atoms. The predicted octanol–water partition coefficient (Wildman–Crippen LogP) is 3.97. The first-order chi connectivity index (χ1) is 13.3. The minimum atomic E-state index is -0.198. The Bertz CT molecular complexity index is 767. The zero-order chi connectivity index (χ0) is 18.5. The number of thiazole rings is 1. The van der Waals surface area contributed by atoms with Gasteiger partial charge in [-0.1, -0.05) is 19.3 Å². The van der Waals surface area contributed by atoms with Crippen LogP contribution in [-0.2, 0) is 0 Å². The maximum absolute atomic E-state index is 12.7. The summed E-state index contributed by atoms with van der Waals surface area (Å²) in [7, 11) is 0. The highest BCUT2D eigenvalue weighted by Crippen LogP contribution is 2.34. The summed E-state index contributed by atoms with van der Waals surface area (Å²) < 4.78 is 6.11. The summed E-state index contributed by atoms with van der Waals surface area (Å²) in [5.41, 5.74) is 1.09.